The molecule has 0 aliphatic carbocycles. The van der Waals surface area contributed by atoms with Gasteiger partial charge in [0.25, 0.3) is 0 Å². The molecule has 0 aromatic carbocycles. The van der Waals surface area contributed by atoms with Crippen LogP contribution >= 0.6 is 0 Å². The van der Waals surface area contributed by atoms with Gasteiger partial charge in [0.2, 0.25) is 0 Å². The maximum Gasteiger partial charge on any atom is 0.333 e. The molecule has 0 amide bonds. The third-order valence-corrected chi connectivity index (χ3v) is 1.74. The highest BCUT2D eigenvalue weighted by molar-refractivity contribution is 5.87. The van der Waals surface area contributed by atoms with Crippen LogP contribution in [-0.4, -0.2) is 35.4 Å². The predicted octanol–water partition coefficient (Wildman–Crippen LogP) is 0.189. The van der Waals surface area contributed by atoms with E-state index in [1.807, 2.05) is 0 Å². The van der Waals surface area contributed by atoms with Gasteiger partial charge in [-0.05, 0) is 13.8 Å². The van der Waals surface area contributed by atoms with Crippen LogP contribution in [0.4, 0.5) is 0 Å². The maximum atomic E-state index is 10.9. The number of hydrogen-bond donors (Lipinski definition) is 2. The number of aliphatic hydroxyl groups excluding tert-OH is 1. The Labute approximate surface area is 82.0 Å². The second-order valence-corrected chi connectivity index (χ2v) is 3.38. The topological polar surface area (TPSA) is 83.8 Å². The zero-order chi connectivity index (χ0) is 11.4. The van der Waals surface area contributed by atoms with Gasteiger partial charge in [-0.25, -0.2) is 4.79 Å². The van der Waals surface area contributed by atoms with Crippen molar-refractivity contribution in [3.63, 3.8) is 0 Å². The lowest BCUT2D eigenvalue weighted by Gasteiger charge is -2.21. The third kappa shape index (κ3) is 3.18. The van der Waals surface area contributed by atoms with Crippen LogP contribution in [-0.2, 0) is 14.3 Å². The number of aliphatic carboxylic acids is 1. The molecule has 0 heterocycles. The van der Waals surface area contributed by atoms with Crippen molar-refractivity contribution in [2.45, 2.75) is 13.8 Å². The van der Waals surface area contributed by atoms with Crippen molar-refractivity contribution in [2.24, 2.45) is 5.41 Å². The maximum absolute atomic E-state index is 10.9. The van der Waals surface area contributed by atoms with Crippen LogP contribution in [0.3, 0.4) is 0 Å². The van der Waals surface area contributed by atoms with Gasteiger partial charge >= 0.3 is 11.9 Å². The number of rotatable bonds is 5. The molecule has 0 bridgehead atoms. The lowest BCUT2D eigenvalue weighted by molar-refractivity contribution is -0.158. The summed E-state index contributed by atoms with van der Waals surface area (Å²) in [5.74, 6) is -1.87. The number of carbonyl (C=O) groups excluding carboxylic acids is 1. The first kappa shape index (κ1) is 12.6. The molecule has 2 N–H and O–H groups in total. The van der Waals surface area contributed by atoms with Gasteiger partial charge in [-0.3, -0.25) is 4.79 Å². The highest BCUT2D eigenvalue weighted by Crippen LogP contribution is 2.16. The highest BCUT2D eigenvalue weighted by atomic mass is 16.5. The van der Waals surface area contributed by atoms with E-state index in [2.05, 4.69) is 11.3 Å². The van der Waals surface area contributed by atoms with E-state index < -0.39 is 24.0 Å². The summed E-state index contributed by atoms with van der Waals surface area (Å²) in [6.45, 7) is 5.13. The minimum Gasteiger partial charge on any atom is -0.481 e. The van der Waals surface area contributed by atoms with Gasteiger partial charge in [-0.1, -0.05) is 6.58 Å². The number of carbonyl (C=O) groups is 2. The summed E-state index contributed by atoms with van der Waals surface area (Å²) < 4.78 is 4.64. The zero-order valence-corrected chi connectivity index (χ0v) is 8.24. The molecule has 80 valence electrons. The Hall–Kier alpha value is -1.36. The fraction of sp³-hybridized carbons (Fsp3) is 0.556. The van der Waals surface area contributed by atoms with Crippen LogP contribution in [0, 0.1) is 5.41 Å². The van der Waals surface area contributed by atoms with Crippen LogP contribution in [0.1, 0.15) is 13.8 Å². The molecule has 0 fully saturated rings. The first-order valence-corrected chi connectivity index (χ1v) is 4.00. The lowest BCUT2D eigenvalue weighted by Crippen LogP contribution is -2.37. The molecular weight excluding hydrogens is 188 g/mol. The van der Waals surface area contributed by atoms with Gasteiger partial charge in [0, 0.05) is 5.57 Å². The summed E-state index contributed by atoms with van der Waals surface area (Å²) in [4.78, 5) is 21.6. The molecule has 0 saturated carbocycles. The molecule has 0 radical (unpaired) electrons. The third-order valence-electron chi connectivity index (χ3n) is 1.74. The van der Waals surface area contributed by atoms with Gasteiger partial charge < -0.3 is 14.9 Å². The van der Waals surface area contributed by atoms with E-state index in [4.69, 9.17) is 10.2 Å². The first-order chi connectivity index (χ1) is 6.33. The average Bonchev–Trinajstić information content (AvgIpc) is 2.12. The van der Waals surface area contributed by atoms with Crippen LogP contribution < -0.4 is 0 Å². The molecule has 0 rings (SSSR count). The molecule has 0 spiro atoms. The highest BCUT2D eigenvalue weighted by Gasteiger charge is 2.34. The van der Waals surface area contributed by atoms with Gasteiger partial charge in [0.1, 0.15) is 12.0 Å². The molecule has 0 aliphatic rings. The van der Waals surface area contributed by atoms with E-state index in [1.165, 1.54) is 13.8 Å². The van der Waals surface area contributed by atoms with E-state index in [0.717, 1.165) is 0 Å². The average molecular weight is 202 g/mol. The molecule has 5 nitrogen and oxygen atoms in total. The zero-order valence-electron chi connectivity index (χ0n) is 8.24. The Morgan fingerprint density at radius 3 is 2.29 bits per heavy atom. The fourth-order valence-corrected chi connectivity index (χ4v) is 0.523. The van der Waals surface area contributed by atoms with Crippen LogP contribution in [0.25, 0.3) is 0 Å². The second-order valence-electron chi connectivity index (χ2n) is 3.38. The van der Waals surface area contributed by atoms with Crippen molar-refractivity contribution >= 4 is 11.9 Å². The number of hydrogen-bond acceptors (Lipinski definition) is 4. The Bertz CT molecular complexity index is 258. The van der Waals surface area contributed by atoms with Crippen molar-refractivity contribution < 1.29 is 24.5 Å². The number of esters is 1. The van der Waals surface area contributed by atoms with Gasteiger partial charge in [-0.15, -0.1) is 0 Å². The summed E-state index contributed by atoms with van der Waals surface area (Å²) in [6.07, 6.45) is 0. The Morgan fingerprint density at radius 1 is 1.50 bits per heavy atom. The van der Waals surface area contributed by atoms with E-state index in [-0.39, 0.29) is 12.2 Å². The number of carboxylic acids is 1. The number of carboxylic acid groups (broad SMARTS) is 1. The quantitative estimate of drug-likeness (QED) is 0.491. The smallest absolute Gasteiger partial charge is 0.333 e. The van der Waals surface area contributed by atoms with Crippen LogP contribution in [0.15, 0.2) is 12.2 Å². The molecule has 5 heteroatoms. The summed E-state index contributed by atoms with van der Waals surface area (Å²) >= 11 is 0. The van der Waals surface area contributed by atoms with E-state index >= 15 is 0 Å². The van der Waals surface area contributed by atoms with Crippen LogP contribution in [0.5, 0.6) is 0 Å². The van der Waals surface area contributed by atoms with Crippen LogP contribution in [0.2, 0.25) is 0 Å². The molecule has 14 heavy (non-hydrogen) atoms. The minimum absolute atomic E-state index is 0.190. The SMILES string of the molecule is C=C(C)C(=O)OCC(C)(CO)C(=O)O. The Morgan fingerprint density at radius 2 is 2.00 bits per heavy atom. The number of ether oxygens (including phenoxy) is 1. The number of aliphatic hydroxyl groups is 1. The summed E-state index contributed by atoms with van der Waals surface area (Å²) in [5, 5.41) is 17.5. The predicted molar refractivity (Wildman–Crippen MR) is 48.6 cm³/mol. The van der Waals surface area contributed by atoms with E-state index in [1.54, 1.807) is 0 Å². The van der Waals surface area contributed by atoms with Crippen molar-refractivity contribution in [3.05, 3.63) is 12.2 Å². The lowest BCUT2D eigenvalue weighted by atomic mass is 9.93. The Balaban J connectivity index is 4.29. The van der Waals surface area contributed by atoms with E-state index in [0.29, 0.717) is 0 Å². The molecule has 1 atom stereocenters. The van der Waals surface area contributed by atoms with Crippen molar-refractivity contribution in [3.8, 4) is 0 Å². The van der Waals surface area contributed by atoms with Gasteiger partial charge in [-0.2, -0.15) is 0 Å². The molecule has 0 saturated heterocycles. The standard InChI is InChI=1S/C9H14O5/c1-6(2)7(11)14-5-9(3,4-10)8(12)13/h10H,1,4-5H2,2-3H3,(H,12,13). The van der Waals surface area contributed by atoms with Crippen molar-refractivity contribution in [2.75, 3.05) is 13.2 Å². The normalized spacial score (nSPS) is 14.2. The minimum atomic E-state index is -1.45. The Kier molecular flexibility index (Phi) is 4.30. The summed E-state index contributed by atoms with van der Waals surface area (Å²) in [6, 6.07) is 0. The second kappa shape index (κ2) is 4.76. The van der Waals surface area contributed by atoms with E-state index in [9.17, 15) is 9.59 Å². The molecule has 0 aromatic heterocycles. The molecule has 0 aromatic rings. The largest absolute Gasteiger partial charge is 0.481 e. The molecular formula is C9H14O5. The monoisotopic (exact) mass is 202 g/mol. The fourth-order valence-electron chi connectivity index (χ4n) is 0.523. The summed E-state index contributed by atoms with van der Waals surface area (Å²) in [5.41, 5.74) is -1.26. The summed E-state index contributed by atoms with van der Waals surface area (Å²) in [7, 11) is 0. The first-order valence-electron chi connectivity index (χ1n) is 4.00. The van der Waals surface area contributed by atoms with Crippen molar-refractivity contribution in [1.82, 2.24) is 0 Å². The van der Waals surface area contributed by atoms with Gasteiger partial charge in [0.15, 0.2) is 0 Å². The molecule has 1 unspecified atom stereocenters. The van der Waals surface area contributed by atoms with Gasteiger partial charge in [0.05, 0.1) is 6.61 Å². The van der Waals surface area contributed by atoms with Crippen molar-refractivity contribution in [1.29, 1.82) is 0 Å². The molecule has 0 aliphatic heterocycles.